The summed E-state index contributed by atoms with van der Waals surface area (Å²) in [6.07, 6.45) is 5.25. The Labute approximate surface area is 83.7 Å². The maximum Gasteiger partial charge on any atom is 0.147 e. The number of aromatic nitrogens is 2. The summed E-state index contributed by atoms with van der Waals surface area (Å²) < 4.78 is 0. The molecule has 0 atom stereocenters. The van der Waals surface area contributed by atoms with Crippen molar-refractivity contribution >= 4 is 5.82 Å². The molecule has 0 radical (unpaired) electrons. The van der Waals surface area contributed by atoms with Crippen LogP contribution in [0.2, 0.25) is 0 Å². The first kappa shape index (κ1) is 9.36. The van der Waals surface area contributed by atoms with Gasteiger partial charge in [0, 0.05) is 38.6 Å². The molecule has 1 N–H and O–H groups in total. The maximum absolute atomic E-state index is 4.28. The molecule has 1 aliphatic heterocycles. The van der Waals surface area contributed by atoms with Crippen molar-refractivity contribution in [2.24, 2.45) is 0 Å². The van der Waals surface area contributed by atoms with Crippen LogP contribution in [0.3, 0.4) is 0 Å². The third-order valence-corrected chi connectivity index (χ3v) is 2.47. The van der Waals surface area contributed by atoms with E-state index < -0.39 is 0 Å². The summed E-state index contributed by atoms with van der Waals surface area (Å²) in [5.41, 5.74) is 3.15. The molecule has 1 aromatic rings. The Kier molecular flexibility index (Phi) is 2.90. The first-order valence-corrected chi connectivity index (χ1v) is 4.83. The van der Waals surface area contributed by atoms with Gasteiger partial charge in [-0.15, -0.1) is 0 Å². The zero-order valence-corrected chi connectivity index (χ0v) is 8.35. The molecule has 0 saturated carbocycles. The van der Waals surface area contributed by atoms with Crippen molar-refractivity contribution in [1.29, 1.82) is 0 Å². The molecule has 0 amide bonds. The minimum absolute atomic E-state index is 0.975. The number of hydrogen-bond acceptors (Lipinski definition) is 5. The summed E-state index contributed by atoms with van der Waals surface area (Å²) in [6, 6.07) is 0. The molecule has 0 aromatic carbocycles. The Balaban J connectivity index is 1.96. The SMILES string of the molecule is CNN1CCN(c2cnccn2)CC1. The molecule has 0 spiro atoms. The van der Waals surface area contributed by atoms with Crippen molar-refractivity contribution in [3.63, 3.8) is 0 Å². The van der Waals surface area contributed by atoms with Crippen molar-refractivity contribution in [1.82, 2.24) is 20.4 Å². The van der Waals surface area contributed by atoms with Gasteiger partial charge in [-0.3, -0.25) is 10.4 Å². The van der Waals surface area contributed by atoms with Gasteiger partial charge in [0.2, 0.25) is 0 Å². The van der Waals surface area contributed by atoms with E-state index in [0.717, 1.165) is 32.0 Å². The summed E-state index contributed by atoms with van der Waals surface area (Å²) in [6.45, 7) is 4.04. The van der Waals surface area contributed by atoms with Crippen molar-refractivity contribution in [3.05, 3.63) is 18.6 Å². The van der Waals surface area contributed by atoms with E-state index in [1.165, 1.54) is 0 Å². The Bertz CT molecular complexity index is 268. The molecule has 14 heavy (non-hydrogen) atoms. The molecule has 1 fully saturated rings. The van der Waals surface area contributed by atoms with Gasteiger partial charge in [0.25, 0.3) is 0 Å². The van der Waals surface area contributed by atoms with E-state index in [2.05, 4.69) is 25.3 Å². The van der Waals surface area contributed by atoms with E-state index in [0.29, 0.717) is 0 Å². The Morgan fingerprint density at radius 1 is 1.21 bits per heavy atom. The predicted octanol–water partition coefficient (Wildman–Crippen LogP) is -0.267. The van der Waals surface area contributed by atoms with Gasteiger partial charge in [-0.05, 0) is 7.05 Å². The summed E-state index contributed by atoms with van der Waals surface area (Å²) in [4.78, 5) is 10.6. The smallest absolute Gasteiger partial charge is 0.147 e. The van der Waals surface area contributed by atoms with Crippen LogP contribution in [0.25, 0.3) is 0 Å². The van der Waals surface area contributed by atoms with E-state index >= 15 is 0 Å². The first-order chi connectivity index (χ1) is 6.90. The summed E-state index contributed by atoms with van der Waals surface area (Å²) >= 11 is 0. The van der Waals surface area contributed by atoms with E-state index in [1.54, 1.807) is 12.4 Å². The molecule has 0 unspecified atom stereocenters. The van der Waals surface area contributed by atoms with E-state index in [9.17, 15) is 0 Å². The minimum atomic E-state index is 0.975. The van der Waals surface area contributed by atoms with Gasteiger partial charge in [-0.1, -0.05) is 0 Å². The van der Waals surface area contributed by atoms with Crippen molar-refractivity contribution in [2.75, 3.05) is 38.1 Å². The lowest BCUT2D eigenvalue weighted by atomic mass is 10.3. The van der Waals surface area contributed by atoms with Crippen LogP contribution in [0, 0.1) is 0 Å². The zero-order chi connectivity index (χ0) is 9.80. The lowest BCUT2D eigenvalue weighted by Gasteiger charge is -2.34. The second-order valence-electron chi connectivity index (χ2n) is 3.26. The van der Waals surface area contributed by atoms with Gasteiger partial charge < -0.3 is 4.90 Å². The fraction of sp³-hybridized carbons (Fsp3) is 0.556. The van der Waals surface area contributed by atoms with Crippen LogP contribution in [-0.4, -0.2) is 48.2 Å². The van der Waals surface area contributed by atoms with Crippen LogP contribution in [0.15, 0.2) is 18.6 Å². The van der Waals surface area contributed by atoms with Crippen LogP contribution in [0.4, 0.5) is 5.82 Å². The molecular formula is C9H15N5. The second kappa shape index (κ2) is 4.34. The van der Waals surface area contributed by atoms with Crippen LogP contribution in [0.5, 0.6) is 0 Å². The number of piperazine rings is 1. The lowest BCUT2D eigenvalue weighted by Crippen LogP contribution is -2.51. The normalized spacial score (nSPS) is 18.5. The van der Waals surface area contributed by atoms with Gasteiger partial charge in [0.05, 0.1) is 6.20 Å². The summed E-state index contributed by atoms with van der Waals surface area (Å²) in [5.74, 6) is 0.975. The van der Waals surface area contributed by atoms with Gasteiger partial charge in [-0.25, -0.2) is 9.99 Å². The Hall–Kier alpha value is -1.20. The zero-order valence-electron chi connectivity index (χ0n) is 8.35. The van der Waals surface area contributed by atoms with Crippen LogP contribution >= 0.6 is 0 Å². The molecular weight excluding hydrogens is 178 g/mol. The maximum atomic E-state index is 4.28. The Morgan fingerprint density at radius 3 is 2.57 bits per heavy atom. The number of anilines is 1. The highest BCUT2D eigenvalue weighted by molar-refractivity contribution is 5.35. The average molecular weight is 193 g/mol. The predicted molar refractivity (Wildman–Crippen MR) is 54.9 cm³/mol. The average Bonchev–Trinajstić information content (AvgIpc) is 2.30. The highest BCUT2D eigenvalue weighted by Gasteiger charge is 2.16. The van der Waals surface area contributed by atoms with Crippen LogP contribution in [0.1, 0.15) is 0 Å². The van der Waals surface area contributed by atoms with Gasteiger partial charge in [0.1, 0.15) is 5.82 Å². The topological polar surface area (TPSA) is 44.3 Å². The summed E-state index contributed by atoms with van der Waals surface area (Å²) in [7, 11) is 1.96. The molecule has 5 heteroatoms. The van der Waals surface area contributed by atoms with E-state index in [4.69, 9.17) is 0 Å². The van der Waals surface area contributed by atoms with Crippen LogP contribution < -0.4 is 10.3 Å². The first-order valence-electron chi connectivity index (χ1n) is 4.83. The lowest BCUT2D eigenvalue weighted by molar-refractivity contribution is 0.195. The minimum Gasteiger partial charge on any atom is -0.353 e. The fourth-order valence-corrected chi connectivity index (χ4v) is 1.61. The van der Waals surface area contributed by atoms with Crippen molar-refractivity contribution < 1.29 is 0 Å². The molecule has 0 bridgehead atoms. The molecule has 76 valence electrons. The van der Waals surface area contributed by atoms with E-state index in [-0.39, 0.29) is 0 Å². The Morgan fingerprint density at radius 2 is 2.00 bits per heavy atom. The van der Waals surface area contributed by atoms with Crippen molar-refractivity contribution in [2.45, 2.75) is 0 Å². The highest BCUT2D eigenvalue weighted by atomic mass is 15.5. The largest absolute Gasteiger partial charge is 0.353 e. The number of nitrogens with zero attached hydrogens (tertiary/aromatic N) is 4. The number of nitrogens with one attached hydrogen (secondary N) is 1. The van der Waals surface area contributed by atoms with Gasteiger partial charge in [-0.2, -0.15) is 0 Å². The number of hydrogen-bond donors (Lipinski definition) is 1. The third-order valence-electron chi connectivity index (χ3n) is 2.47. The molecule has 1 aliphatic rings. The van der Waals surface area contributed by atoms with Gasteiger partial charge in [0.15, 0.2) is 0 Å². The second-order valence-corrected chi connectivity index (χ2v) is 3.26. The quantitative estimate of drug-likeness (QED) is 0.700. The van der Waals surface area contributed by atoms with Gasteiger partial charge >= 0.3 is 0 Å². The fourth-order valence-electron chi connectivity index (χ4n) is 1.61. The molecule has 0 aliphatic carbocycles. The molecule has 1 saturated heterocycles. The molecule has 5 nitrogen and oxygen atoms in total. The standard InChI is InChI=1S/C9H15N5/c1-10-14-6-4-13(5-7-14)9-8-11-2-3-12-9/h2-3,8,10H,4-7H2,1H3. The number of rotatable bonds is 2. The van der Waals surface area contributed by atoms with E-state index in [1.807, 2.05) is 13.2 Å². The van der Waals surface area contributed by atoms with Crippen LogP contribution in [-0.2, 0) is 0 Å². The number of hydrazine groups is 1. The monoisotopic (exact) mass is 193 g/mol. The highest BCUT2D eigenvalue weighted by Crippen LogP contribution is 2.09. The molecule has 2 rings (SSSR count). The van der Waals surface area contributed by atoms with Crippen molar-refractivity contribution in [3.8, 4) is 0 Å². The summed E-state index contributed by atoms with van der Waals surface area (Å²) in [5, 5.41) is 2.20. The third kappa shape index (κ3) is 2.00. The molecule has 1 aromatic heterocycles. The molecule has 2 heterocycles.